The molecule has 6 nitrogen and oxygen atoms in total. The molecule has 0 rings (SSSR count). The van der Waals surface area contributed by atoms with Gasteiger partial charge in [0.15, 0.2) is 0 Å². The Kier molecular flexibility index (Phi) is 4.98. The first-order valence-corrected chi connectivity index (χ1v) is 4.85. The highest BCUT2D eigenvalue weighted by molar-refractivity contribution is 4.82. The number of azide groups is 2. The Morgan fingerprint density at radius 1 is 0.867 bits per heavy atom. The van der Waals surface area contributed by atoms with E-state index in [2.05, 4.69) is 20.1 Å². The van der Waals surface area contributed by atoms with Gasteiger partial charge in [-0.25, -0.2) is 0 Å². The minimum Gasteiger partial charge on any atom is -0.0934 e. The molecule has 6 heteroatoms. The van der Waals surface area contributed by atoms with Crippen LogP contribution < -0.4 is 0 Å². The standard InChI is InChI=1S/C9H18N6/c1-8(2,6-12-14-10)5-9(3,4)7-13-15-11/h5-7H2,1-4H3. The van der Waals surface area contributed by atoms with Crippen LogP contribution in [0.5, 0.6) is 0 Å². The minimum atomic E-state index is -0.0687. The molecule has 0 aromatic carbocycles. The van der Waals surface area contributed by atoms with Crippen molar-refractivity contribution < 1.29 is 0 Å². The van der Waals surface area contributed by atoms with Crippen LogP contribution >= 0.6 is 0 Å². The molecule has 0 aromatic rings. The summed E-state index contributed by atoms with van der Waals surface area (Å²) in [6.07, 6.45) is 0.845. The number of nitrogens with zero attached hydrogens (tertiary/aromatic N) is 6. The van der Waals surface area contributed by atoms with Crippen molar-refractivity contribution in [3.8, 4) is 0 Å². The van der Waals surface area contributed by atoms with E-state index >= 15 is 0 Å². The van der Waals surface area contributed by atoms with E-state index in [0.717, 1.165) is 6.42 Å². The van der Waals surface area contributed by atoms with Crippen LogP contribution in [0, 0.1) is 10.8 Å². The second kappa shape index (κ2) is 5.49. The highest BCUT2D eigenvalue weighted by Crippen LogP contribution is 2.34. The quantitative estimate of drug-likeness (QED) is 0.359. The van der Waals surface area contributed by atoms with Crippen LogP contribution in [0.25, 0.3) is 20.9 Å². The lowest BCUT2D eigenvalue weighted by atomic mass is 9.75. The van der Waals surface area contributed by atoms with Crippen molar-refractivity contribution in [3.63, 3.8) is 0 Å². The predicted molar refractivity (Wildman–Crippen MR) is 60.2 cm³/mol. The van der Waals surface area contributed by atoms with Gasteiger partial charge in [0.1, 0.15) is 0 Å². The third kappa shape index (κ3) is 6.66. The Balaban J connectivity index is 4.40. The van der Waals surface area contributed by atoms with E-state index < -0.39 is 0 Å². The fraction of sp³-hybridized carbons (Fsp3) is 1.00. The van der Waals surface area contributed by atoms with E-state index in [1.807, 2.05) is 27.7 Å². The summed E-state index contributed by atoms with van der Waals surface area (Å²) in [7, 11) is 0. The average molecular weight is 210 g/mol. The van der Waals surface area contributed by atoms with Gasteiger partial charge in [-0.15, -0.1) is 0 Å². The van der Waals surface area contributed by atoms with Gasteiger partial charge in [-0.2, -0.15) is 0 Å². The second-order valence-corrected chi connectivity index (χ2v) is 5.28. The van der Waals surface area contributed by atoms with Gasteiger partial charge in [-0.1, -0.05) is 37.9 Å². The summed E-state index contributed by atoms with van der Waals surface area (Å²) in [5.74, 6) is 0. The molecule has 0 unspecified atom stereocenters. The smallest absolute Gasteiger partial charge is 0.0309 e. The third-order valence-corrected chi connectivity index (χ3v) is 2.08. The number of hydrogen-bond acceptors (Lipinski definition) is 2. The Morgan fingerprint density at radius 2 is 1.20 bits per heavy atom. The van der Waals surface area contributed by atoms with E-state index in [1.54, 1.807) is 0 Å². The van der Waals surface area contributed by atoms with E-state index in [4.69, 9.17) is 11.1 Å². The Morgan fingerprint density at radius 3 is 1.47 bits per heavy atom. The Labute approximate surface area is 89.9 Å². The van der Waals surface area contributed by atoms with Crippen LogP contribution in [0.3, 0.4) is 0 Å². The molecule has 0 radical (unpaired) electrons. The summed E-state index contributed by atoms with van der Waals surface area (Å²) in [6.45, 7) is 9.09. The van der Waals surface area contributed by atoms with Gasteiger partial charge in [-0.3, -0.25) is 0 Å². The zero-order valence-corrected chi connectivity index (χ0v) is 9.80. The topological polar surface area (TPSA) is 97.5 Å². The average Bonchev–Trinajstić information content (AvgIpc) is 2.10. The fourth-order valence-corrected chi connectivity index (χ4v) is 1.85. The minimum absolute atomic E-state index is 0.0687. The Hall–Kier alpha value is -1.38. The lowest BCUT2D eigenvalue weighted by Crippen LogP contribution is -2.27. The molecular formula is C9H18N6. The summed E-state index contributed by atoms with van der Waals surface area (Å²) < 4.78 is 0. The molecule has 0 atom stereocenters. The maximum Gasteiger partial charge on any atom is 0.0309 e. The van der Waals surface area contributed by atoms with Gasteiger partial charge in [0.05, 0.1) is 0 Å². The molecule has 0 amide bonds. The molecule has 0 heterocycles. The summed E-state index contributed by atoms with van der Waals surface area (Å²) in [6, 6.07) is 0. The monoisotopic (exact) mass is 210 g/mol. The van der Waals surface area contributed by atoms with Gasteiger partial charge in [0.25, 0.3) is 0 Å². The van der Waals surface area contributed by atoms with Crippen molar-refractivity contribution in [3.05, 3.63) is 20.9 Å². The Bertz CT molecular complexity index is 264. The SMILES string of the molecule is CC(C)(CN=[N+]=[N-])CC(C)(C)CN=[N+]=[N-]. The summed E-state index contributed by atoms with van der Waals surface area (Å²) in [5, 5.41) is 7.17. The number of rotatable bonds is 6. The third-order valence-electron chi connectivity index (χ3n) is 2.08. The molecule has 0 fully saturated rings. The maximum absolute atomic E-state index is 8.26. The molecule has 0 N–H and O–H groups in total. The van der Waals surface area contributed by atoms with E-state index in [-0.39, 0.29) is 10.8 Å². The zero-order valence-electron chi connectivity index (χ0n) is 9.80. The van der Waals surface area contributed by atoms with Gasteiger partial charge < -0.3 is 0 Å². The molecule has 0 saturated carbocycles. The van der Waals surface area contributed by atoms with E-state index in [0.29, 0.717) is 13.1 Å². The number of hydrogen-bond donors (Lipinski definition) is 0. The first-order chi connectivity index (χ1) is 6.83. The highest BCUT2D eigenvalue weighted by atomic mass is 15.1. The molecular weight excluding hydrogens is 192 g/mol. The fourth-order valence-electron chi connectivity index (χ4n) is 1.85. The van der Waals surface area contributed by atoms with Crippen LogP contribution in [0.4, 0.5) is 0 Å². The summed E-state index contributed by atoms with van der Waals surface area (Å²) in [4.78, 5) is 5.51. The van der Waals surface area contributed by atoms with Crippen molar-refractivity contribution in [2.45, 2.75) is 34.1 Å². The first kappa shape index (κ1) is 13.6. The maximum atomic E-state index is 8.26. The predicted octanol–water partition coefficient (Wildman–Crippen LogP) is 4.05. The van der Waals surface area contributed by atoms with Crippen LogP contribution in [0.2, 0.25) is 0 Å². The van der Waals surface area contributed by atoms with Crippen molar-refractivity contribution in [1.82, 2.24) is 0 Å². The second-order valence-electron chi connectivity index (χ2n) is 5.28. The van der Waals surface area contributed by atoms with Crippen molar-refractivity contribution in [2.75, 3.05) is 13.1 Å². The van der Waals surface area contributed by atoms with Crippen molar-refractivity contribution >= 4 is 0 Å². The van der Waals surface area contributed by atoms with Gasteiger partial charge in [0, 0.05) is 22.9 Å². The lowest BCUT2D eigenvalue weighted by molar-refractivity contribution is 0.208. The first-order valence-electron chi connectivity index (χ1n) is 4.85. The van der Waals surface area contributed by atoms with Crippen LogP contribution in [-0.4, -0.2) is 13.1 Å². The molecule has 0 aliphatic rings. The highest BCUT2D eigenvalue weighted by Gasteiger charge is 2.27. The van der Waals surface area contributed by atoms with Crippen LogP contribution in [0.15, 0.2) is 10.2 Å². The summed E-state index contributed by atoms with van der Waals surface area (Å²) >= 11 is 0. The molecule has 0 aliphatic heterocycles. The van der Waals surface area contributed by atoms with Crippen LogP contribution in [0.1, 0.15) is 34.1 Å². The lowest BCUT2D eigenvalue weighted by Gasteiger charge is -2.32. The largest absolute Gasteiger partial charge is 0.0934 e. The van der Waals surface area contributed by atoms with Gasteiger partial charge >= 0.3 is 0 Å². The molecule has 15 heavy (non-hydrogen) atoms. The zero-order chi connectivity index (χ0) is 11.9. The van der Waals surface area contributed by atoms with Crippen molar-refractivity contribution in [2.24, 2.45) is 21.1 Å². The van der Waals surface area contributed by atoms with E-state index in [9.17, 15) is 0 Å². The van der Waals surface area contributed by atoms with Crippen molar-refractivity contribution in [1.29, 1.82) is 0 Å². The summed E-state index contributed by atoms with van der Waals surface area (Å²) in [5.41, 5.74) is 16.4. The molecule has 0 spiro atoms. The molecule has 84 valence electrons. The van der Waals surface area contributed by atoms with Gasteiger partial charge in [-0.05, 0) is 28.3 Å². The van der Waals surface area contributed by atoms with Gasteiger partial charge in [0.2, 0.25) is 0 Å². The van der Waals surface area contributed by atoms with Crippen LogP contribution in [-0.2, 0) is 0 Å². The molecule has 0 aliphatic carbocycles. The normalized spacial score (nSPS) is 11.5. The molecule has 0 saturated heterocycles. The molecule has 0 bridgehead atoms. The molecule has 0 aromatic heterocycles. The van der Waals surface area contributed by atoms with E-state index in [1.165, 1.54) is 0 Å².